The summed E-state index contributed by atoms with van der Waals surface area (Å²) in [6.45, 7) is 10.6. The number of rotatable bonds is 11. The molecule has 0 aromatic carbocycles. The summed E-state index contributed by atoms with van der Waals surface area (Å²) in [7, 11) is 0. The molecule has 0 aromatic heterocycles. The molecule has 0 radical (unpaired) electrons. The van der Waals surface area contributed by atoms with Gasteiger partial charge in [0, 0.05) is 19.1 Å². The Morgan fingerprint density at radius 3 is 2.33 bits per heavy atom. The predicted octanol–water partition coefficient (Wildman–Crippen LogP) is 3.75. The van der Waals surface area contributed by atoms with Crippen LogP contribution in [0.1, 0.15) is 66.2 Å². The largest absolute Gasteiger partial charge is 0.374 e. The first kappa shape index (κ1) is 17.5. The first-order valence-electron chi connectivity index (χ1n) is 7.51. The lowest BCUT2D eigenvalue weighted by Gasteiger charge is -2.40. The van der Waals surface area contributed by atoms with E-state index in [1.807, 2.05) is 0 Å². The molecule has 0 amide bonds. The van der Waals surface area contributed by atoms with Crippen LogP contribution in [0.5, 0.6) is 0 Å². The van der Waals surface area contributed by atoms with Crippen LogP contribution in [-0.2, 0) is 4.74 Å². The summed E-state index contributed by atoms with van der Waals surface area (Å²) in [6, 6.07) is 0.417. The van der Waals surface area contributed by atoms with Crippen LogP contribution in [0.15, 0.2) is 0 Å². The maximum Gasteiger partial charge on any atom is 0.0829 e. The number of hydrogen-bond acceptors (Lipinski definition) is 2. The van der Waals surface area contributed by atoms with Gasteiger partial charge in [-0.05, 0) is 45.6 Å². The van der Waals surface area contributed by atoms with E-state index in [2.05, 4.69) is 38.9 Å². The van der Waals surface area contributed by atoms with Gasteiger partial charge in [0.2, 0.25) is 0 Å². The van der Waals surface area contributed by atoms with Gasteiger partial charge in [-0.2, -0.15) is 0 Å². The van der Waals surface area contributed by atoms with Crippen LogP contribution in [0, 0.1) is 12.3 Å². The first-order valence-corrected chi connectivity index (χ1v) is 7.51. The lowest BCUT2D eigenvalue weighted by Crippen LogP contribution is -2.52. The Hall–Kier alpha value is -0.520. The molecule has 1 unspecified atom stereocenters. The minimum atomic E-state index is -0.0292. The summed E-state index contributed by atoms with van der Waals surface area (Å²) in [5.74, 6) is 2.73. The van der Waals surface area contributed by atoms with E-state index < -0.39 is 0 Å². The maximum atomic E-state index is 6.10. The highest BCUT2D eigenvalue weighted by Crippen LogP contribution is 2.28. The van der Waals surface area contributed by atoms with Crippen molar-refractivity contribution >= 4 is 0 Å². The second-order valence-electron chi connectivity index (χ2n) is 4.81. The molecule has 0 rings (SSSR count). The number of ether oxygens (including phenoxy) is 1. The van der Waals surface area contributed by atoms with Crippen molar-refractivity contribution in [3.8, 4) is 12.3 Å². The second-order valence-corrected chi connectivity index (χ2v) is 4.81. The maximum absolute atomic E-state index is 6.10. The Kier molecular flexibility index (Phi) is 10.1. The zero-order valence-corrected chi connectivity index (χ0v) is 12.7. The summed E-state index contributed by atoms with van der Waals surface area (Å²) in [6.07, 6.45) is 11.6. The van der Waals surface area contributed by atoms with E-state index in [9.17, 15) is 0 Å². The van der Waals surface area contributed by atoms with Crippen molar-refractivity contribution in [3.05, 3.63) is 0 Å². The highest BCUT2D eigenvalue weighted by molar-refractivity contribution is 4.93. The van der Waals surface area contributed by atoms with E-state index in [-0.39, 0.29) is 5.60 Å². The fourth-order valence-electron chi connectivity index (χ4n) is 2.61. The monoisotopic (exact) mass is 253 g/mol. The molecule has 18 heavy (non-hydrogen) atoms. The molecule has 0 saturated heterocycles. The van der Waals surface area contributed by atoms with Gasteiger partial charge in [-0.15, -0.1) is 12.3 Å². The minimum Gasteiger partial charge on any atom is -0.374 e. The zero-order valence-electron chi connectivity index (χ0n) is 12.7. The Balaban J connectivity index is 4.67. The van der Waals surface area contributed by atoms with Gasteiger partial charge in [0.25, 0.3) is 0 Å². The van der Waals surface area contributed by atoms with Gasteiger partial charge in [0.15, 0.2) is 0 Å². The normalized spacial score (nSPS) is 13.3. The molecule has 2 heteroatoms. The molecule has 0 aliphatic carbocycles. The van der Waals surface area contributed by atoms with Crippen molar-refractivity contribution in [1.82, 2.24) is 5.32 Å². The molecular weight excluding hydrogens is 222 g/mol. The molecule has 1 N–H and O–H groups in total. The molecule has 0 heterocycles. The van der Waals surface area contributed by atoms with E-state index in [0.717, 1.165) is 51.7 Å². The van der Waals surface area contributed by atoms with E-state index in [0.29, 0.717) is 6.04 Å². The third kappa shape index (κ3) is 5.42. The fourth-order valence-corrected chi connectivity index (χ4v) is 2.61. The number of nitrogens with one attached hydrogen (secondary N) is 1. The van der Waals surface area contributed by atoms with E-state index in [4.69, 9.17) is 11.2 Å². The van der Waals surface area contributed by atoms with E-state index in [1.54, 1.807) is 0 Å². The summed E-state index contributed by atoms with van der Waals surface area (Å²) in [5.41, 5.74) is -0.0292. The molecule has 0 aliphatic heterocycles. The van der Waals surface area contributed by atoms with Crippen LogP contribution in [0.3, 0.4) is 0 Å². The predicted molar refractivity (Wildman–Crippen MR) is 79.7 cm³/mol. The number of hydrogen-bond donors (Lipinski definition) is 1. The standard InChI is InChI=1S/C16H31NO/c1-6-11-12-13-15(17-14-7-2)16(8-3,9-4)18-10-5/h1,15,17H,7-14H2,2-5H3. The minimum absolute atomic E-state index is 0.0292. The third-order valence-corrected chi connectivity index (χ3v) is 3.72. The van der Waals surface area contributed by atoms with Gasteiger partial charge >= 0.3 is 0 Å². The Labute approximate surface area is 114 Å². The number of unbranched alkanes of at least 4 members (excludes halogenated alkanes) is 1. The molecule has 0 aromatic rings. The lowest BCUT2D eigenvalue weighted by atomic mass is 9.85. The molecule has 0 spiro atoms. The van der Waals surface area contributed by atoms with Crippen molar-refractivity contribution in [3.63, 3.8) is 0 Å². The Morgan fingerprint density at radius 1 is 1.22 bits per heavy atom. The van der Waals surface area contributed by atoms with Gasteiger partial charge in [-0.25, -0.2) is 0 Å². The quantitative estimate of drug-likeness (QED) is 0.447. The third-order valence-electron chi connectivity index (χ3n) is 3.72. The van der Waals surface area contributed by atoms with Crippen LogP contribution >= 0.6 is 0 Å². The Bertz CT molecular complexity index is 228. The van der Waals surface area contributed by atoms with Crippen LogP contribution in [-0.4, -0.2) is 24.8 Å². The van der Waals surface area contributed by atoms with Crippen LogP contribution < -0.4 is 5.32 Å². The van der Waals surface area contributed by atoms with Gasteiger partial charge < -0.3 is 10.1 Å². The van der Waals surface area contributed by atoms with Gasteiger partial charge in [0.05, 0.1) is 5.60 Å². The van der Waals surface area contributed by atoms with Crippen molar-refractivity contribution in [2.75, 3.05) is 13.2 Å². The first-order chi connectivity index (χ1) is 8.70. The Morgan fingerprint density at radius 2 is 1.89 bits per heavy atom. The molecule has 0 fully saturated rings. The van der Waals surface area contributed by atoms with Gasteiger partial charge in [0.1, 0.15) is 0 Å². The van der Waals surface area contributed by atoms with Crippen LogP contribution in [0.4, 0.5) is 0 Å². The van der Waals surface area contributed by atoms with E-state index in [1.165, 1.54) is 0 Å². The molecule has 0 bridgehead atoms. The molecule has 0 aliphatic rings. The zero-order chi connectivity index (χ0) is 13.9. The van der Waals surface area contributed by atoms with Gasteiger partial charge in [-0.1, -0.05) is 20.8 Å². The molecule has 2 nitrogen and oxygen atoms in total. The summed E-state index contributed by atoms with van der Waals surface area (Å²) >= 11 is 0. The van der Waals surface area contributed by atoms with Crippen molar-refractivity contribution in [2.45, 2.75) is 77.9 Å². The van der Waals surface area contributed by atoms with Crippen molar-refractivity contribution < 1.29 is 4.74 Å². The van der Waals surface area contributed by atoms with Crippen LogP contribution in [0.2, 0.25) is 0 Å². The second kappa shape index (κ2) is 10.4. The van der Waals surface area contributed by atoms with E-state index >= 15 is 0 Å². The number of terminal acetylenes is 1. The average molecular weight is 253 g/mol. The van der Waals surface area contributed by atoms with Crippen molar-refractivity contribution in [1.29, 1.82) is 0 Å². The summed E-state index contributed by atoms with van der Waals surface area (Å²) < 4.78 is 6.10. The highest BCUT2D eigenvalue weighted by atomic mass is 16.5. The topological polar surface area (TPSA) is 21.3 Å². The molecule has 1 atom stereocenters. The summed E-state index contributed by atoms with van der Waals surface area (Å²) in [5, 5.41) is 3.66. The highest BCUT2D eigenvalue weighted by Gasteiger charge is 2.35. The van der Waals surface area contributed by atoms with Crippen molar-refractivity contribution in [2.24, 2.45) is 0 Å². The average Bonchev–Trinajstić information content (AvgIpc) is 2.40. The fraction of sp³-hybridized carbons (Fsp3) is 0.875. The molecular formula is C16H31NO. The lowest BCUT2D eigenvalue weighted by molar-refractivity contribution is -0.0739. The van der Waals surface area contributed by atoms with Crippen LogP contribution in [0.25, 0.3) is 0 Å². The summed E-state index contributed by atoms with van der Waals surface area (Å²) in [4.78, 5) is 0. The van der Waals surface area contributed by atoms with Gasteiger partial charge in [-0.3, -0.25) is 0 Å². The smallest absolute Gasteiger partial charge is 0.0829 e. The molecule has 0 saturated carbocycles. The molecule has 106 valence electrons. The SMILES string of the molecule is C#CCCCC(NCCC)C(CC)(CC)OCC.